The molecule has 2 N–H and O–H groups in total. The molecule has 0 atom stereocenters. The zero-order chi connectivity index (χ0) is 14.7. The number of ether oxygens (including phenoxy) is 1. The van der Waals surface area contributed by atoms with Crippen LogP contribution in [0.15, 0.2) is 36.4 Å². The van der Waals surface area contributed by atoms with Crippen LogP contribution in [0.1, 0.15) is 11.1 Å². The molecule has 0 saturated heterocycles. The number of nitrogens with two attached hydrogens (primary N) is 1. The van der Waals surface area contributed by atoms with Gasteiger partial charge in [-0.15, -0.1) is 0 Å². The van der Waals surface area contributed by atoms with Gasteiger partial charge >= 0.3 is 5.69 Å². The van der Waals surface area contributed by atoms with E-state index >= 15 is 0 Å². The lowest BCUT2D eigenvalue weighted by Gasteiger charge is -2.11. The van der Waals surface area contributed by atoms with Crippen molar-refractivity contribution in [2.45, 2.75) is 13.5 Å². The highest BCUT2D eigenvalue weighted by molar-refractivity contribution is 6.30. The summed E-state index contributed by atoms with van der Waals surface area (Å²) >= 11 is 5.88. The molecular weight excluding hydrogens is 280 g/mol. The van der Waals surface area contributed by atoms with E-state index in [1.54, 1.807) is 37.3 Å². The van der Waals surface area contributed by atoms with Crippen LogP contribution < -0.4 is 10.5 Å². The highest BCUT2D eigenvalue weighted by Gasteiger charge is 2.17. The van der Waals surface area contributed by atoms with Crippen LogP contribution in [0.25, 0.3) is 0 Å². The second-order valence-electron chi connectivity index (χ2n) is 4.29. The van der Waals surface area contributed by atoms with Crippen molar-refractivity contribution in [1.82, 2.24) is 0 Å². The third-order valence-electron chi connectivity index (χ3n) is 2.77. The van der Waals surface area contributed by atoms with Crippen LogP contribution in [-0.2, 0) is 6.54 Å². The summed E-state index contributed by atoms with van der Waals surface area (Å²) in [6.45, 7) is 2.01. The third kappa shape index (κ3) is 3.07. The van der Waals surface area contributed by atoms with Crippen LogP contribution in [0.5, 0.6) is 11.5 Å². The molecule has 0 saturated carbocycles. The van der Waals surface area contributed by atoms with Crippen LogP contribution in [0.2, 0.25) is 5.02 Å². The SMILES string of the molecule is Cc1ccc(Oc2ccc(Cl)cc2CN)c([N+](=O)[O-])c1. The molecule has 0 aliphatic rings. The fraction of sp³-hybridized carbons (Fsp3) is 0.143. The smallest absolute Gasteiger partial charge is 0.311 e. The molecule has 0 radical (unpaired) electrons. The maximum atomic E-state index is 11.1. The van der Waals surface area contributed by atoms with Gasteiger partial charge in [-0.1, -0.05) is 17.7 Å². The van der Waals surface area contributed by atoms with Crippen molar-refractivity contribution in [2.24, 2.45) is 5.73 Å². The van der Waals surface area contributed by atoms with Crippen LogP contribution in [0, 0.1) is 17.0 Å². The van der Waals surface area contributed by atoms with Crippen LogP contribution >= 0.6 is 11.6 Å². The first-order valence-corrected chi connectivity index (χ1v) is 6.30. The minimum absolute atomic E-state index is 0.0806. The minimum Gasteiger partial charge on any atom is -0.450 e. The van der Waals surface area contributed by atoms with Crippen molar-refractivity contribution in [1.29, 1.82) is 0 Å². The molecule has 0 aliphatic carbocycles. The first kappa shape index (κ1) is 14.3. The lowest BCUT2D eigenvalue weighted by Crippen LogP contribution is -2.00. The topological polar surface area (TPSA) is 78.4 Å². The molecule has 2 aromatic carbocycles. The second-order valence-corrected chi connectivity index (χ2v) is 4.72. The quantitative estimate of drug-likeness (QED) is 0.686. The maximum absolute atomic E-state index is 11.1. The van der Waals surface area contributed by atoms with E-state index < -0.39 is 4.92 Å². The Morgan fingerprint density at radius 2 is 1.95 bits per heavy atom. The molecule has 2 aromatic rings. The lowest BCUT2D eigenvalue weighted by molar-refractivity contribution is -0.385. The summed E-state index contributed by atoms with van der Waals surface area (Å²) in [6, 6.07) is 9.76. The monoisotopic (exact) mass is 292 g/mol. The van der Waals surface area contributed by atoms with E-state index in [0.29, 0.717) is 16.3 Å². The van der Waals surface area contributed by atoms with Gasteiger partial charge in [-0.05, 0) is 36.8 Å². The first-order chi connectivity index (χ1) is 9.51. The number of hydrogen-bond acceptors (Lipinski definition) is 4. The van der Waals surface area contributed by atoms with Gasteiger partial charge < -0.3 is 10.5 Å². The Morgan fingerprint density at radius 1 is 1.25 bits per heavy atom. The number of nitrogens with zero attached hydrogens (tertiary/aromatic N) is 1. The Hall–Kier alpha value is -2.11. The van der Waals surface area contributed by atoms with Crippen molar-refractivity contribution in [3.8, 4) is 11.5 Å². The summed E-state index contributed by atoms with van der Waals surface area (Å²) in [6.07, 6.45) is 0. The zero-order valence-electron chi connectivity index (χ0n) is 10.8. The Balaban J connectivity index is 2.42. The Kier molecular flexibility index (Phi) is 4.22. The van der Waals surface area contributed by atoms with E-state index in [2.05, 4.69) is 0 Å². The van der Waals surface area contributed by atoms with E-state index in [9.17, 15) is 10.1 Å². The summed E-state index contributed by atoms with van der Waals surface area (Å²) in [7, 11) is 0. The Morgan fingerprint density at radius 3 is 2.60 bits per heavy atom. The normalized spacial score (nSPS) is 10.3. The van der Waals surface area contributed by atoms with E-state index in [1.807, 2.05) is 0 Å². The Bertz CT molecular complexity index is 659. The predicted molar refractivity (Wildman–Crippen MR) is 77.3 cm³/mol. The van der Waals surface area contributed by atoms with E-state index in [-0.39, 0.29) is 18.0 Å². The summed E-state index contributed by atoms with van der Waals surface area (Å²) in [4.78, 5) is 10.6. The number of aryl methyl sites for hydroxylation is 1. The van der Waals surface area contributed by atoms with Crippen molar-refractivity contribution in [2.75, 3.05) is 0 Å². The van der Waals surface area contributed by atoms with Gasteiger partial charge in [-0.3, -0.25) is 10.1 Å². The minimum atomic E-state index is -0.472. The molecule has 104 valence electrons. The van der Waals surface area contributed by atoms with Gasteiger partial charge in [-0.25, -0.2) is 0 Å². The van der Waals surface area contributed by atoms with Crippen molar-refractivity contribution in [3.63, 3.8) is 0 Å². The third-order valence-corrected chi connectivity index (χ3v) is 3.01. The fourth-order valence-corrected chi connectivity index (χ4v) is 1.98. The molecule has 0 unspecified atom stereocenters. The molecule has 0 heterocycles. The van der Waals surface area contributed by atoms with E-state index in [4.69, 9.17) is 22.1 Å². The molecular formula is C14H13ClN2O3. The molecule has 0 fully saturated rings. The van der Waals surface area contributed by atoms with Gasteiger partial charge in [-0.2, -0.15) is 0 Å². The standard InChI is InChI=1S/C14H13ClN2O3/c1-9-2-4-14(12(6-9)17(18)19)20-13-5-3-11(15)7-10(13)8-16/h2-7H,8,16H2,1H3. The number of nitro benzene ring substituents is 1. The molecule has 0 bridgehead atoms. The maximum Gasteiger partial charge on any atom is 0.311 e. The predicted octanol–water partition coefficient (Wildman–Crippen LogP) is 3.81. The lowest BCUT2D eigenvalue weighted by atomic mass is 10.2. The summed E-state index contributed by atoms with van der Waals surface area (Å²) in [5.41, 5.74) is 7.02. The van der Waals surface area contributed by atoms with E-state index in [0.717, 1.165) is 5.56 Å². The largest absolute Gasteiger partial charge is 0.450 e. The molecule has 0 amide bonds. The molecule has 2 rings (SSSR count). The molecule has 20 heavy (non-hydrogen) atoms. The summed E-state index contributed by atoms with van der Waals surface area (Å²) in [5.74, 6) is 0.640. The average Bonchev–Trinajstić information content (AvgIpc) is 2.42. The van der Waals surface area contributed by atoms with E-state index in [1.165, 1.54) is 6.07 Å². The van der Waals surface area contributed by atoms with Crippen molar-refractivity contribution in [3.05, 3.63) is 62.7 Å². The Labute approximate surface area is 121 Å². The second kappa shape index (κ2) is 5.90. The number of benzene rings is 2. The highest BCUT2D eigenvalue weighted by Crippen LogP contribution is 2.34. The molecule has 6 heteroatoms. The van der Waals surface area contributed by atoms with Gasteiger partial charge in [0, 0.05) is 23.2 Å². The van der Waals surface area contributed by atoms with Gasteiger partial charge in [0.2, 0.25) is 5.75 Å². The number of nitro groups is 1. The van der Waals surface area contributed by atoms with Crippen LogP contribution in [0.4, 0.5) is 5.69 Å². The van der Waals surface area contributed by atoms with Gasteiger partial charge in [0.1, 0.15) is 5.75 Å². The number of halogens is 1. The summed E-state index contributed by atoms with van der Waals surface area (Å²) in [5, 5.41) is 11.6. The molecule has 0 spiro atoms. The highest BCUT2D eigenvalue weighted by atomic mass is 35.5. The molecule has 0 aromatic heterocycles. The molecule has 0 aliphatic heterocycles. The van der Waals surface area contributed by atoms with Crippen molar-refractivity contribution >= 4 is 17.3 Å². The van der Waals surface area contributed by atoms with Gasteiger partial charge in [0.15, 0.2) is 0 Å². The first-order valence-electron chi connectivity index (χ1n) is 5.92. The van der Waals surface area contributed by atoms with Gasteiger partial charge in [0.25, 0.3) is 0 Å². The fourth-order valence-electron chi connectivity index (χ4n) is 1.78. The zero-order valence-corrected chi connectivity index (χ0v) is 11.6. The number of hydrogen-bond donors (Lipinski definition) is 1. The van der Waals surface area contributed by atoms with Gasteiger partial charge in [0.05, 0.1) is 4.92 Å². The van der Waals surface area contributed by atoms with Crippen LogP contribution in [-0.4, -0.2) is 4.92 Å². The average molecular weight is 293 g/mol. The number of rotatable bonds is 4. The molecule has 5 nitrogen and oxygen atoms in total. The van der Waals surface area contributed by atoms with Crippen LogP contribution in [0.3, 0.4) is 0 Å². The summed E-state index contributed by atoms with van der Waals surface area (Å²) < 4.78 is 5.62. The van der Waals surface area contributed by atoms with Crippen molar-refractivity contribution < 1.29 is 9.66 Å².